The minimum absolute atomic E-state index is 0.0432. The predicted octanol–water partition coefficient (Wildman–Crippen LogP) is 3.98. The molecule has 0 saturated heterocycles. The number of ether oxygens (including phenoxy) is 1. The van der Waals surface area contributed by atoms with E-state index in [1.54, 1.807) is 12.5 Å². The Morgan fingerprint density at radius 1 is 1.22 bits per heavy atom. The SMILES string of the molecule is Cc1ccc(NC(=O)N[C@@H](C)Cn2ccnc2)c(OCc2ccccc2)c1. The van der Waals surface area contributed by atoms with Crippen molar-refractivity contribution in [1.29, 1.82) is 0 Å². The molecule has 3 rings (SSSR count). The van der Waals surface area contributed by atoms with E-state index in [9.17, 15) is 4.79 Å². The van der Waals surface area contributed by atoms with E-state index in [4.69, 9.17) is 4.74 Å². The number of nitrogens with zero attached hydrogens (tertiary/aromatic N) is 2. The molecular formula is C21H24N4O2. The number of nitrogens with one attached hydrogen (secondary N) is 2. The normalized spacial score (nSPS) is 11.6. The van der Waals surface area contributed by atoms with E-state index in [1.165, 1.54) is 0 Å². The fourth-order valence-electron chi connectivity index (χ4n) is 2.73. The fraction of sp³-hybridized carbons (Fsp3) is 0.238. The first-order valence-electron chi connectivity index (χ1n) is 8.91. The molecule has 1 heterocycles. The van der Waals surface area contributed by atoms with Crippen molar-refractivity contribution >= 4 is 11.7 Å². The van der Waals surface area contributed by atoms with Gasteiger partial charge in [0.05, 0.1) is 12.0 Å². The lowest BCUT2D eigenvalue weighted by Gasteiger charge is -2.17. The summed E-state index contributed by atoms with van der Waals surface area (Å²) in [5.41, 5.74) is 2.78. The fourth-order valence-corrected chi connectivity index (χ4v) is 2.73. The van der Waals surface area contributed by atoms with Crippen LogP contribution in [0.15, 0.2) is 67.3 Å². The van der Waals surface area contributed by atoms with Crippen molar-refractivity contribution in [3.63, 3.8) is 0 Å². The summed E-state index contributed by atoms with van der Waals surface area (Å²) in [6.07, 6.45) is 5.31. The van der Waals surface area contributed by atoms with Crippen LogP contribution in [0.2, 0.25) is 0 Å². The highest BCUT2D eigenvalue weighted by Crippen LogP contribution is 2.26. The summed E-state index contributed by atoms with van der Waals surface area (Å²) in [5.74, 6) is 0.649. The number of aryl methyl sites for hydroxylation is 1. The summed E-state index contributed by atoms with van der Waals surface area (Å²) in [5, 5.41) is 5.81. The van der Waals surface area contributed by atoms with Crippen LogP contribution >= 0.6 is 0 Å². The van der Waals surface area contributed by atoms with Crippen LogP contribution < -0.4 is 15.4 Å². The first-order chi connectivity index (χ1) is 13.1. The van der Waals surface area contributed by atoms with Gasteiger partial charge in [-0.15, -0.1) is 0 Å². The van der Waals surface area contributed by atoms with Crippen LogP contribution in [0, 0.1) is 6.92 Å². The molecule has 0 aliphatic carbocycles. The molecule has 0 saturated carbocycles. The Balaban J connectivity index is 1.60. The molecule has 6 nitrogen and oxygen atoms in total. The van der Waals surface area contributed by atoms with Crippen LogP contribution in [-0.4, -0.2) is 21.6 Å². The molecule has 0 aliphatic heterocycles. The van der Waals surface area contributed by atoms with Gasteiger partial charge in [-0.2, -0.15) is 0 Å². The maximum Gasteiger partial charge on any atom is 0.319 e. The van der Waals surface area contributed by atoms with Crippen LogP contribution in [0.3, 0.4) is 0 Å². The molecule has 0 aliphatic rings. The van der Waals surface area contributed by atoms with E-state index in [0.717, 1.165) is 11.1 Å². The number of carbonyl (C=O) groups is 1. The summed E-state index contributed by atoms with van der Waals surface area (Å²) >= 11 is 0. The van der Waals surface area contributed by atoms with E-state index in [2.05, 4.69) is 15.6 Å². The van der Waals surface area contributed by atoms with Crippen molar-refractivity contribution in [2.24, 2.45) is 0 Å². The highest BCUT2D eigenvalue weighted by atomic mass is 16.5. The number of amides is 2. The maximum absolute atomic E-state index is 12.4. The Labute approximate surface area is 159 Å². The van der Waals surface area contributed by atoms with Gasteiger partial charge in [-0.1, -0.05) is 36.4 Å². The Bertz CT molecular complexity index is 863. The van der Waals surface area contributed by atoms with Crippen LogP contribution in [0.1, 0.15) is 18.1 Å². The quantitative estimate of drug-likeness (QED) is 0.666. The number of imidazole rings is 1. The second kappa shape index (κ2) is 8.89. The number of carbonyl (C=O) groups excluding carboxylic acids is 1. The topological polar surface area (TPSA) is 68.2 Å². The zero-order valence-electron chi connectivity index (χ0n) is 15.6. The highest BCUT2D eigenvalue weighted by Gasteiger charge is 2.11. The van der Waals surface area contributed by atoms with Gasteiger partial charge in [0.2, 0.25) is 0 Å². The lowest BCUT2D eigenvalue weighted by molar-refractivity contribution is 0.247. The second-order valence-corrected chi connectivity index (χ2v) is 6.53. The Hall–Kier alpha value is -3.28. The molecule has 3 aromatic rings. The van der Waals surface area contributed by atoms with Crippen molar-refractivity contribution < 1.29 is 9.53 Å². The van der Waals surface area contributed by atoms with Crippen molar-refractivity contribution in [3.05, 3.63) is 78.4 Å². The molecule has 0 fully saturated rings. The molecule has 140 valence electrons. The van der Waals surface area contributed by atoms with Crippen LogP contribution in [-0.2, 0) is 13.2 Å². The summed E-state index contributed by atoms with van der Waals surface area (Å²) in [6, 6.07) is 15.4. The van der Waals surface area contributed by atoms with Gasteiger partial charge in [0.1, 0.15) is 12.4 Å². The molecule has 2 aromatic carbocycles. The number of hydrogen-bond donors (Lipinski definition) is 2. The van der Waals surface area contributed by atoms with Crippen molar-refractivity contribution in [2.45, 2.75) is 33.0 Å². The monoisotopic (exact) mass is 364 g/mol. The van der Waals surface area contributed by atoms with Gasteiger partial charge in [-0.25, -0.2) is 9.78 Å². The predicted molar refractivity (Wildman–Crippen MR) is 106 cm³/mol. The first kappa shape index (κ1) is 18.5. The van der Waals surface area contributed by atoms with Crippen molar-refractivity contribution in [2.75, 3.05) is 5.32 Å². The van der Waals surface area contributed by atoms with E-state index in [-0.39, 0.29) is 12.1 Å². The Kier molecular flexibility index (Phi) is 6.10. The lowest BCUT2D eigenvalue weighted by atomic mass is 10.2. The molecule has 1 atom stereocenters. The van der Waals surface area contributed by atoms with Gasteiger partial charge >= 0.3 is 6.03 Å². The van der Waals surface area contributed by atoms with E-state index < -0.39 is 0 Å². The van der Waals surface area contributed by atoms with E-state index in [0.29, 0.717) is 24.6 Å². The standard InChI is InChI=1S/C21H24N4O2/c1-16-8-9-19(20(12-16)27-14-18-6-4-3-5-7-18)24-21(26)23-17(2)13-25-11-10-22-15-25/h3-12,15,17H,13-14H2,1-2H3,(H2,23,24,26)/t17-/m0/s1. The number of anilines is 1. The maximum atomic E-state index is 12.4. The summed E-state index contributed by atoms with van der Waals surface area (Å²) in [6.45, 7) is 5.03. The number of rotatable bonds is 7. The molecule has 0 bridgehead atoms. The molecule has 27 heavy (non-hydrogen) atoms. The average Bonchev–Trinajstić information content (AvgIpc) is 3.15. The summed E-state index contributed by atoms with van der Waals surface area (Å²) < 4.78 is 7.86. The van der Waals surface area contributed by atoms with E-state index >= 15 is 0 Å². The number of urea groups is 1. The van der Waals surface area contributed by atoms with E-state index in [1.807, 2.05) is 73.1 Å². The Morgan fingerprint density at radius 3 is 2.78 bits per heavy atom. The zero-order valence-corrected chi connectivity index (χ0v) is 15.6. The third-order valence-electron chi connectivity index (χ3n) is 4.04. The third-order valence-corrected chi connectivity index (χ3v) is 4.04. The van der Waals surface area contributed by atoms with Crippen molar-refractivity contribution in [3.8, 4) is 5.75 Å². The molecule has 0 unspecified atom stereocenters. The Morgan fingerprint density at radius 2 is 2.04 bits per heavy atom. The van der Waals surface area contributed by atoms with Crippen LogP contribution in [0.4, 0.5) is 10.5 Å². The largest absolute Gasteiger partial charge is 0.487 e. The van der Waals surface area contributed by atoms with Gasteiger partial charge in [0.15, 0.2) is 0 Å². The number of benzene rings is 2. The molecule has 1 aromatic heterocycles. The van der Waals surface area contributed by atoms with Gasteiger partial charge in [0, 0.05) is 25.0 Å². The molecule has 0 radical (unpaired) electrons. The van der Waals surface area contributed by atoms with Crippen LogP contribution in [0.5, 0.6) is 5.75 Å². The van der Waals surface area contributed by atoms with Gasteiger partial charge in [-0.05, 0) is 37.1 Å². The van der Waals surface area contributed by atoms with Crippen molar-refractivity contribution in [1.82, 2.24) is 14.9 Å². The smallest absolute Gasteiger partial charge is 0.319 e. The second-order valence-electron chi connectivity index (χ2n) is 6.53. The van der Waals surface area contributed by atoms with Gasteiger partial charge in [0.25, 0.3) is 0 Å². The third kappa shape index (κ3) is 5.60. The lowest BCUT2D eigenvalue weighted by Crippen LogP contribution is -2.38. The molecule has 2 N–H and O–H groups in total. The van der Waals surface area contributed by atoms with Crippen LogP contribution in [0.25, 0.3) is 0 Å². The van der Waals surface area contributed by atoms with Gasteiger partial charge in [-0.3, -0.25) is 0 Å². The highest BCUT2D eigenvalue weighted by molar-refractivity contribution is 5.91. The molecular weight excluding hydrogens is 340 g/mol. The first-order valence-corrected chi connectivity index (χ1v) is 8.91. The molecule has 6 heteroatoms. The minimum Gasteiger partial charge on any atom is -0.487 e. The average molecular weight is 364 g/mol. The zero-order chi connectivity index (χ0) is 19.1. The summed E-state index contributed by atoms with van der Waals surface area (Å²) in [7, 11) is 0. The minimum atomic E-state index is -0.268. The van der Waals surface area contributed by atoms with Gasteiger partial charge < -0.3 is 19.9 Å². The number of aromatic nitrogens is 2. The molecule has 0 spiro atoms. The molecule has 2 amide bonds. The summed E-state index contributed by atoms with van der Waals surface area (Å²) in [4.78, 5) is 16.4. The number of hydrogen-bond acceptors (Lipinski definition) is 3.